The molecule has 2 aromatic rings. The second kappa shape index (κ2) is 8.34. The van der Waals surface area contributed by atoms with Gasteiger partial charge in [0.25, 0.3) is 0 Å². The summed E-state index contributed by atoms with van der Waals surface area (Å²) >= 11 is 1.54. The maximum absolute atomic E-state index is 12.0. The summed E-state index contributed by atoms with van der Waals surface area (Å²) in [5.41, 5.74) is 2.10. The van der Waals surface area contributed by atoms with Crippen LogP contribution in [0.2, 0.25) is 0 Å². The van der Waals surface area contributed by atoms with Crippen molar-refractivity contribution >= 4 is 23.2 Å². The number of amides is 1. The van der Waals surface area contributed by atoms with Crippen LogP contribution in [-0.4, -0.2) is 23.0 Å². The minimum absolute atomic E-state index is 0.0534. The van der Waals surface area contributed by atoms with Crippen molar-refractivity contribution in [2.24, 2.45) is 0 Å². The predicted molar refractivity (Wildman–Crippen MR) is 87.0 cm³/mol. The van der Waals surface area contributed by atoms with Gasteiger partial charge >= 0.3 is 5.97 Å². The number of aryl methyl sites for hydroxylation is 1. The van der Waals surface area contributed by atoms with E-state index in [1.807, 2.05) is 47.2 Å². The van der Waals surface area contributed by atoms with Gasteiger partial charge in [-0.25, -0.2) is 0 Å². The molecule has 1 aromatic heterocycles. The van der Waals surface area contributed by atoms with Gasteiger partial charge in [-0.05, 0) is 40.8 Å². The van der Waals surface area contributed by atoms with Crippen molar-refractivity contribution in [2.75, 3.05) is 0 Å². The highest BCUT2D eigenvalue weighted by molar-refractivity contribution is 7.07. The van der Waals surface area contributed by atoms with E-state index in [9.17, 15) is 9.59 Å². The molecule has 0 fully saturated rings. The Morgan fingerprint density at radius 1 is 1.14 bits per heavy atom. The molecule has 1 heterocycles. The van der Waals surface area contributed by atoms with E-state index in [1.165, 1.54) is 0 Å². The van der Waals surface area contributed by atoms with E-state index < -0.39 is 5.97 Å². The number of carbonyl (C=O) groups excluding carboxylic acids is 1. The molecule has 0 saturated carbocycles. The Hall–Kier alpha value is -2.14. The summed E-state index contributed by atoms with van der Waals surface area (Å²) in [4.78, 5) is 23.0. The number of nitrogens with one attached hydrogen (secondary N) is 1. The van der Waals surface area contributed by atoms with Gasteiger partial charge in [0.15, 0.2) is 0 Å². The molecule has 1 atom stereocenters. The van der Waals surface area contributed by atoms with Gasteiger partial charge in [-0.15, -0.1) is 0 Å². The van der Waals surface area contributed by atoms with Crippen molar-refractivity contribution in [1.82, 2.24) is 5.32 Å². The van der Waals surface area contributed by atoms with E-state index in [0.717, 1.165) is 17.5 Å². The van der Waals surface area contributed by atoms with E-state index in [1.54, 1.807) is 11.3 Å². The van der Waals surface area contributed by atoms with Crippen LogP contribution in [0.15, 0.2) is 47.2 Å². The van der Waals surface area contributed by atoms with Crippen LogP contribution in [0.4, 0.5) is 0 Å². The van der Waals surface area contributed by atoms with Crippen LogP contribution in [0.3, 0.4) is 0 Å². The number of hydrogen-bond donors (Lipinski definition) is 2. The maximum Gasteiger partial charge on any atom is 0.305 e. The summed E-state index contributed by atoms with van der Waals surface area (Å²) in [6, 6.07) is 11.4. The first-order chi connectivity index (χ1) is 10.6. The van der Waals surface area contributed by atoms with E-state index in [0.29, 0.717) is 12.8 Å². The summed E-state index contributed by atoms with van der Waals surface area (Å²) < 4.78 is 0. The Balaban J connectivity index is 1.88. The van der Waals surface area contributed by atoms with Crippen LogP contribution in [0, 0.1) is 0 Å². The first-order valence-corrected chi connectivity index (χ1v) is 8.14. The molecule has 2 rings (SSSR count). The van der Waals surface area contributed by atoms with Crippen molar-refractivity contribution in [3.05, 3.63) is 58.3 Å². The van der Waals surface area contributed by atoms with Gasteiger partial charge in [0.05, 0.1) is 12.8 Å². The third-order valence-corrected chi connectivity index (χ3v) is 4.09. The second-order valence-electron chi connectivity index (χ2n) is 5.19. The molecule has 1 amide bonds. The lowest BCUT2D eigenvalue weighted by Gasteiger charge is -2.17. The number of rotatable bonds is 8. The van der Waals surface area contributed by atoms with Crippen molar-refractivity contribution < 1.29 is 14.7 Å². The third kappa shape index (κ3) is 5.69. The van der Waals surface area contributed by atoms with Gasteiger partial charge in [-0.1, -0.05) is 30.3 Å². The molecule has 116 valence electrons. The highest BCUT2D eigenvalue weighted by Gasteiger charge is 2.16. The molecule has 1 aromatic carbocycles. The molecular formula is C17H19NO3S. The number of carboxylic acid groups (broad SMARTS) is 1. The smallest absolute Gasteiger partial charge is 0.305 e. The molecular weight excluding hydrogens is 298 g/mol. The fourth-order valence-electron chi connectivity index (χ4n) is 2.28. The van der Waals surface area contributed by atoms with Gasteiger partial charge in [0.2, 0.25) is 5.91 Å². The van der Waals surface area contributed by atoms with Crippen LogP contribution < -0.4 is 5.32 Å². The van der Waals surface area contributed by atoms with Crippen LogP contribution >= 0.6 is 11.3 Å². The zero-order valence-corrected chi connectivity index (χ0v) is 13.0. The molecule has 4 nitrogen and oxygen atoms in total. The van der Waals surface area contributed by atoms with E-state index in [2.05, 4.69) is 5.32 Å². The topological polar surface area (TPSA) is 66.4 Å². The number of thiophene rings is 1. The predicted octanol–water partition coefficient (Wildman–Crippen LogP) is 2.88. The maximum atomic E-state index is 12.0. The molecule has 5 heteroatoms. The molecule has 22 heavy (non-hydrogen) atoms. The molecule has 0 aliphatic rings. The highest BCUT2D eigenvalue weighted by Crippen LogP contribution is 2.10. The lowest BCUT2D eigenvalue weighted by atomic mass is 10.0. The van der Waals surface area contributed by atoms with Crippen molar-refractivity contribution in [3.63, 3.8) is 0 Å². The first-order valence-electron chi connectivity index (χ1n) is 7.19. The van der Waals surface area contributed by atoms with E-state index in [-0.39, 0.29) is 18.4 Å². The number of hydrogen-bond acceptors (Lipinski definition) is 3. The number of benzene rings is 1. The Kier molecular flexibility index (Phi) is 6.15. The Morgan fingerprint density at radius 3 is 2.55 bits per heavy atom. The average molecular weight is 317 g/mol. The Bertz CT molecular complexity index is 596. The summed E-state index contributed by atoms with van der Waals surface area (Å²) in [7, 11) is 0. The zero-order valence-electron chi connectivity index (χ0n) is 12.2. The standard InChI is InChI=1S/C17H19NO3S/c19-16(10-14-8-9-22-12-14)18-15(11-17(20)21)7-6-13-4-2-1-3-5-13/h1-5,8-9,12,15H,6-7,10-11H2,(H,18,19)(H,20,21). The summed E-state index contributed by atoms with van der Waals surface area (Å²) in [5.74, 6) is -1.02. The quantitative estimate of drug-likeness (QED) is 0.787. The third-order valence-electron chi connectivity index (χ3n) is 3.36. The molecule has 0 bridgehead atoms. The number of aliphatic carboxylic acids is 1. The van der Waals surface area contributed by atoms with Crippen LogP contribution in [0.25, 0.3) is 0 Å². The monoisotopic (exact) mass is 317 g/mol. The molecule has 0 aliphatic carbocycles. The second-order valence-corrected chi connectivity index (χ2v) is 5.97. The van der Waals surface area contributed by atoms with Gasteiger partial charge in [-0.2, -0.15) is 11.3 Å². The van der Waals surface area contributed by atoms with Crippen molar-refractivity contribution in [3.8, 4) is 0 Å². The van der Waals surface area contributed by atoms with Crippen LogP contribution in [0.1, 0.15) is 24.0 Å². The summed E-state index contributed by atoms with van der Waals surface area (Å²) in [6.45, 7) is 0. The van der Waals surface area contributed by atoms with Gasteiger partial charge in [0.1, 0.15) is 0 Å². The molecule has 1 unspecified atom stereocenters. The molecule has 0 radical (unpaired) electrons. The van der Waals surface area contributed by atoms with Crippen LogP contribution in [0.5, 0.6) is 0 Å². The molecule has 0 saturated heterocycles. The molecule has 0 aliphatic heterocycles. The van der Waals surface area contributed by atoms with Gasteiger partial charge in [0, 0.05) is 6.04 Å². The van der Waals surface area contributed by atoms with Crippen molar-refractivity contribution in [1.29, 1.82) is 0 Å². The SMILES string of the molecule is O=C(O)CC(CCc1ccccc1)NC(=O)Cc1ccsc1. The Morgan fingerprint density at radius 2 is 1.91 bits per heavy atom. The van der Waals surface area contributed by atoms with E-state index in [4.69, 9.17) is 5.11 Å². The molecule has 2 N–H and O–H groups in total. The summed E-state index contributed by atoms with van der Waals surface area (Å²) in [6.07, 6.45) is 1.61. The lowest BCUT2D eigenvalue weighted by Crippen LogP contribution is -2.37. The number of carbonyl (C=O) groups is 2. The first kappa shape index (κ1) is 16.2. The van der Waals surface area contributed by atoms with Gasteiger partial charge < -0.3 is 10.4 Å². The largest absolute Gasteiger partial charge is 0.481 e. The minimum atomic E-state index is -0.895. The zero-order chi connectivity index (χ0) is 15.8. The highest BCUT2D eigenvalue weighted by atomic mass is 32.1. The van der Waals surface area contributed by atoms with E-state index >= 15 is 0 Å². The average Bonchev–Trinajstić information content (AvgIpc) is 2.98. The summed E-state index contributed by atoms with van der Waals surface area (Å²) in [5, 5.41) is 15.7. The Labute approximate surface area is 133 Å². The van der Waals surface area contributed by atoms with Crippen molar-refractivity contribution in [2.45, 2.75) is 31.7 Å². The number of carboxylic acids is 1. The molecule has 0 spiro atoms. The van der Waals surface area contributed by atoms with Gasteiger partial charge in [-0.3, -0.25) is 9.59 Å². The fourth-order valence-corrected chi connectivity index (χ4v) is 2.95. The van der Waals surface area contributed by atoms with Crippen LogP contribution in [-0.2, 0) is 22.4 Å². The minimum Gasteiger partial charge on any atom is -0.481 e. The normalized spacial score (nSPS) is 11.8. The lowest BCUT2D eigenvalue weighted by molar-refractivity contribution is -0.137. The fraction of sp³-hybridized carbons (Fsp3) is 0.294.